The molecule has 12 heavy (non-hydrogen) atoms. The maximum Gasteiger partial charge on any atom is 0.157 e. The van der Waals surface area contributed by atoms with E-state index in [0.717, 1.165) is 9.24 Å². The van der Waals surface area contributed by atoms with Gasteiger partial charge in [-0.15, -0.1) is 22.7 Å². The highest BCUT2D eigenvalue weighted by Crippen LogP contribution is 2.24. The Hall–Kier alpha value is -0.500. The Kier molecular flexibility index (Phi) is 2.35. The molecule has 2 aromatic rings. The summed E-state index contributed by atoms with van der Waals surface area (Å²) in [7, 11) is -1.31. The lowest BCUT2D eigenvalue weighted by atomic mass is 10.7. The second kappa shape index (κ2) is 3.48. The molecule has 0 aliphatic rings. The van der Waals surface area contributed by atoms with Crippen molar-refractivity contribution >= 4 is 39.7 Å². The van der Waals surface area contributed by atoms with Gasteiger partial charge in [-0.2, -0.15) is 0 Å². The first kappa shape index (κ1) is 8.11. The molecule has 0 fully saturated rings. The van der Waals surface area contributed by atoms with Crippen molar-refractivity contribution in [2.24, 2.45) is 0 Å². The number of hydrogen-bond acceptors (Lipinski definition) is 3. The SMILES string of the molecule is O=[P](c1cccs1)c1cccs1. The monoisotopic (exact) mass is 213 g/mol. The summed E-state index contributed by atoms with van der Waals surface area (Å²) in [5.41, 5.74) is 0. The summed E-state index contributed by atoms with van der Waals surface area (Å²) >= 11 is 3.10. The van der Waals surface area contributed by atoms with Gasteiger partial charge in [-0.25, -0.2) is 0 Å². The van der Waals surface area contributed by atoms with E-state index < -0.39 is 7.80 Å². The topological polar surface area (TPSA) is 17.1 Å². The van der Waals surface area contributed by atoms with Gasteiger partial charge < -0.3 is 0 Å². The maximum atomic E-state index is 11.7. The average Bonchev–Trinajstić information content (AvgIpc) is 2.77. The van der Waals surface area contributed by atoms with Gasteiger partial charge in [-0.3, -0.25) is 4.57 Å². The fourth-order valence-corrected chi connectivity index (χ4v) is 4.34. The highest BCUT2D eigenvalue weighted by molar-refractivity contribution is 7.72. The highest BCUT2D eigenvalue weighted by Gasteiger charge is 2.08. The number of hydrogen-bond donors (Lipinski definition) is 0. The Morgan fingerprint density at radius 1 is 1.00 bits per heavy atom. The second-order valence-corrected chi connectivity index (χ2v) is 6.25. The van der Waals surface area contributed by atoms with Gasteiger partial charge in [0.2, 0.25) is 0 Å². The van der Waals surface area contributed by atoms with Crippen molar-refractivity contribution in [2.45, 2.75) is 0 Å². The van der Waals surface area contributed by atoms with Crippen LogP contribution in [-0.4, -0.2) is 0 Å². The van der Waals surface area contributed by atoms with Crippen molar-refractivity contribution in [1.29, 1.82) is 0 Å². The van der Waals surface area contributed by atoms with Gasteiger partial charge in [-0.1, -0.05) is 12.1 Å². The molecule has 0 aliphatic carbocycles. The predicted molar refractivity (Wildman–Crippen MR) is 55.5 cm³/mol. The normalized spacial score (nSPS) is 10.0. The molecule has 2 aromatic heterocycles. The van der Waals surface area contributed by atoms with Crippen LogP contribution >= 0.6 is 30.5 Å². The Bertz CT molecular complexity index is 327. The van der Waals surface area contributed by atoms with Crippen LogP contribution < -0.4 is 9.24 Å². The van der Waals surface area contributed by atoms with Crippen LogP contribution in [0.3, 0.4) is 0 Å². The molecule has 0 bridgehead atoms. The van der Waals surface area contributed by atoms with E-state index in [4.69, 9.17) is 0 Å². The summed E-state index contributed by atoms with van der Waals surface area (Å²) in [4.78, 5) is 0. The van der Waals surface area contributed by atoms with Crippen LogP contribution in [-0.2, 0) is 4.57 Å². The zero-order valence-electron chi connectivity index (χ0n) is 6.14. The Labute approximate surface area is 79.5 Å². The zero-order chi connectivity index (χ0) is 8.39. The largest absolute Gasteiger partial charge is 0.275 e. The number of rotatable bonds is 2. The first-order chi connectivity index (χ1) is 5.88. The van der Waals surface area contributed by atoms with E-state index in [1.807, 2.05) is 35.0 Å². The Morgan fingerprint density at radius 2 is 1.50 bits per heavy atom. The Morgan fingerprint density at radius 3 is 1.83 bits per heavy atom. The van der Waals surface area contributed by atoms with Crippen molar-refractivity contribution in [3.63, 3.8) is 0 Å². The van der Waals surface area contributed by atoms with E-state index in [0.29, 0.717) is 0 Å². The summed E-state index contributed by atoms with van der Waals surface area (Å²) in [6.07, 6.45) is 0. The van der Waals surface area contributed by atoms with E-state index in [1.54, 1.807) is 22.7 Å². The lowest BCUT2D eigenvalue weighted by Crippen LogP contribution is -1.96. The molecule has 61 valence electrons. The van der Waals surface area contributed by atoms with Crippen LogP contribution in [0.25, 0.3) is 0 Å². The van der Waals surface area contributed by atoms with E-state index in [9.17, 15) is 4.57 Å². The molecular weight excluding hydrogens is 207 g/mol. The van der Waals surface area contributed by atoms with Gasteiger partial charge in [-0.05, 0) is 22.9 Å². The van der Waals surface area contributed by atoms with E-state index >= 15 is 0 Å². The zero-order valence-corrected chi connectivity index (χ0v) is 8.66. The van der Waals surface area contributed by atoms with Crippen molar-refractivity contribution < 1.29 is 4.57 Å². The summed E-state index contributed by atoms with van der Waals surface area (Å²) in [6.45, 7) is 0. The smallest absolute Gasteiger partial charge is 0.157 e. The fraction of sp³-hybridized carbons (Fsp3) is 0. The molecular formula is C8H6OPS2. The summed E-state index contributed by atoms with van der Waals surface area (Å²) in [6, 6.07) is 7.70. The van der Waals surface area contributed by atoms with Crippen molar-refractivity contribution in [3.8, 4) is 0 Å². The third kappa shape index (κ3) is 1.48. The van der Waals surface area contributed by atoms with Gasteiger partial charge >= 0.3 is 0 Å². The third-order valence-corrected chi connectivity index (χ3v) is 5.48. The Balaban J connectivity index is 2.34. The molecule has 0 spiro atoms. The van der Waals surface area contributed by atoms with Crippen molar-refractivity contribution in [2.75, 3.05) is 0 Å². The van der Waals surface area contributed by atoms with Crippen LogP contribution in [0.4, 0.5) is 0 Å². The molecule has 1 nitrogen and oxygen atoms in total. The minimum Gasteiger partial charge on any atom is -0.275 e. The van der Waals surface area contributed by atoms with E-state index in [2.05, 4.69) is 0 Å². The molecule has 0 N–H and O–H groups in total. The summed E-state index contributed by atoms with van der Waals surface area (Å²) in [5.74, 6) is 0. The number of thiophene rings is 2. The molecule has 0 aromatic carbocycles. The van der Waals surface area contributed by atoms with Crippen LogP contribution in [0.5, 0.6) is 0 Å². The highest BCUT2D eigenvalue weighted by atomic mass is 32.1. The second-order valence-electron chi connectivity index (χ2n) is 2.20. The molecule has 0 amide bonds. The first-order valence-electron chi connectivity index (χ1n) is 3.42. The molecule has 0 saturated carbocycles. The molecule has 2 heterocycles. The van der Waals surface area contributed by atoms with Gasteiger partial charge in [0.1, 0.15) is 0 Å². The fourth-order valence-electron chi connectivity index (χ4n) is 0.879. The first-order valence-corrected chi connectivity index (χ1v) is 6.44. The maximum absolute atomic E-state index is 11.7. The van der Waals surface area contributed by atoms with E-state index in [-0.39, 0.29) is 0 Å². The average molecular weight is 213 g/mol. The van der Waals surface area contributed by atoms with Gasteiger partial charge in [0.05, 0.1) is 9.24 Å². The standard InChI is InChI=1S/C8H6OPS2/c9-10(7-3-1-5-11-7)8-4-2-6-12-8/h1-6H. The van der Waals surface area contributed by atoms with Crippen LogP contribution in [0.15, 0.2) is 35.0 Å². The lowest BCUT2D eigenvalue weighted by Gasteiger charge is -1.90. The van der Waals surface area contributed by atoms with Gasteiger partial charge in [0.25, 0.3) is 0 Å². The molecule has 0 saturated heterocycles. The van der Waals surface area contributed by atoms with Crippen molar-refractivity contribution in [1.82, 2.24) is 0 Å². The van der Waals surface area contributed by atoms with Crippen molar-refractivity contribution in [3.05, 3.63) is 35.0 Å². The molecule has 0 aliphatic heterocycles. The van der Waals surface area contributed by atoms with Gasteiger partial charge in [0.15, 0.2) is 7.80 Å². The molecule has 1 radical (unpaired) electrons. The predicted octanol–water partition coefficient (Wildman–Crippen LogP) is 2.59. The van der Waals surface area contributed by atoms with E-state index in [1.165, 1.54) is 0 Å². The quantitative estimate of drug-likeness (QED) is 0.701. The molecule has 2 rings (SSSR count). The van der Waals surface area contributed by atoms with Crippen LogP contribution in [0.2, 0.25) is 0 Å². The molecule has 0 unspecified atom stereocenters. The minimum atomic E-state index is -1.31. The lowest BCUT2D eigenvalue weighted by molar-refractivity contribution is 0.598. The summed E-state index contributed by atoms with van der Waals surface area (Å²) in [5, 5.41) is 3.91. The van der Waals surface area contributed by atoms with Crippen LogP contribution in [0.1, 0.15) is 0 Å². The summed E-state index contributed by atoms with van der Waals surface area (Å²) < 4.78 is 13.7. The van der Waals surface area contributed by atoms with Crippen LogP contribution in [0, 0.1) is 0 Å². The third-order valence-electron chi connectivity index (χ3n) is 1.41. The van der Waals surface area contributed by atoms with Gasteiger partial charge in [0, 0.05) is 0 Å². The molecule has 4 heteroatoms. The minimum absolute atomic E-state index is 0.965. The molecule has 0 atom stereocenters.